The van der Waals surface area contributed by atoms with Gasteiger partial charge < -0.3 is 0 Å². The van der Waals surface area contributed by atoms with E-state index in [9.17, 15) is 4.39 Å². The Morgan fingerprint density at radius 2 is 2.33 bits per heavy atom. The molecule has 2 atom stereocenters. The molecule has 1 saturated heterocycles. The van der Waals surface area contributed by atoms with Crippen LogP contribution in [-0.2, 0) is 0 Å². The van der Waals surface area contributed by atoms with E-state index in [1.807, 2.05) is 10.0 Å². The number of piperidine rings is 1. The summed E-state index contributed by atoms with van der Waals surface area (Å²) in [5.74, 6) is 0.274. The summed E-state index contributed by atoms with van der Waals surface area (Å²) in [6.07, 6.45) is 0.403. The van der Waals surface area contributed by atoms with Gasteiger partial charge in [-0.25, -0.2) is 7.50 Å². The fourth-order valence-corrected chi connectivity index (χ4v) is 1.64. The highest BCUT2D eigenvalue weighted by Crippen LogP contribution is 2.21. The molecular formula is C6H11FIN. The van der Waals surface area contributed by atoms with Gasteiger partial charge in [0.2, 0.25) is 0 Å². The fourth-order valence-electron chi connectivity index (χ4n) is 0.985. The van der Waals surface area contributed by atoms with Gasteiger partial charge in [-0.05, 0) is 12.3 Å². The van der Waals surface area contributed by atoms with Crippen molar-refractivity contribution in [1.29, 1.82) is 0 Å². The summed E-state index contributed by atoms with van der Waals surface area (Å²) in [7, 11) is 0. The molecular weight excluding hydrogens is 232 g/mol. The molecule has 0 spiro atoms. The van der Waals surface area contributed by atoms with Crippen LogP contribution in [0.25, 0.3) is 0 Å². The SMILES string of the molecule is CC1CCN(I)CC1F. The fraction of sp³-hybridized carbons (Fsp3) is 1.00. The van der Waals surface area contributed by atoms with Crippen molar-refractivity contribution >= 4 is 22.9 Å². The third-order valence-electron chi connectivity index (χ3n) is 1.82. The van der Waals surface area contributed by atoms with Gasteiger partial charge in [0.15, 0.2) is 0 Å². The normalized spacial score (nSPS) is 39.0. The smallest absolute Gasteiger partial charge is 0.116 e. The Morgan fingerprint density at radius 1 is 1.67 bits per heavy atom. The first-order valence-corrected chi connectivity index (χ1v) is 4.21. The van der Waals surface area contributed by atoms with Crippen molar-refractivity contribution in [3.8, 4) is 0 Å². The van der Waals surface area contributed by atoms with Crippen LogP contribution in [0.4, 0.5) is 4.39 Å². The average Bonchev–Trinajstić information content (AvgIpc) is 1.80. The summed E-state index contributed by atoms with van der Waals surface area (Å²) >= 11 is 2.18. The van der Waals surface area contributed by atoms with Gasteiger partial charge in [0.05, 0.1) is 0 Å². The van der Waals surface area contributed by atoms with Gasteiger partial charge in [-0.1, -0.05) is 6.92 Å². The number of hydrogen-bond donors (Lipinski definition) is 0. The highest BCUT2D eigenvalue weighted by Gasteiger charge is 2.23. The Bertz CT molecular complexity index is 99.1. The lowest BCUT2D eigenvalue weighted by atomic mass is 9.99. The van der Waals surface area contributed by atoms with Crippen LogP contribution >= 0.6 is 22.9 Å². The van der Waals surface area contributed by atoms with Crippen molar-refractivity contribution in [2.75, 3.05) is 13.1 Å². The van der Waals surface area contributed by atoms with E-state index in [0.29, 0.717) is 6.54 Å². The molecule has 1 aliphatic heterocycles. The van der Waals surface area contributed by atoms with Gasteiger partial charge in [-0.3, -0.25) is 0 Å². The van der Waals surface area contributed by atoms with Crippen molar-refractivity contribution in [1.82, 2.24) is 3.11 Å². The molecule has 0 aromatic heterocycles. The lowest BCUT2D eigenvalue weighted by Gasteiger charge is -2.28. The van der Waals surface area contributed by atoms with Crippen molar-refractivity contribution in [2.45, 2.75) is 19.5 Å². The van der Waals surface area contributed by atoms with Gasteiger partial charge in [0.25, 0.3) is 0 Å². The maximum atomic E-state index is 12.8. The first kappa shape index (κ1) is 7.72. The lowest BCUT2D eigenvalue weighted by Crippen LogP contribution is -2.34. The van der Waals surface area contributed by atoms with Crippen LogP contribution < -0.4 is 0 Å². The largest absolute Gasteiger partial charge is 0.246 e. The van der Waals surface area contributed by atoms with Crippen LogP contribution in [0.3, 0.4) is 0 Å². The molecule has 0 aromatic rings. The molecule has 1 nitrogen and oxygen atoms in total. The highest BCUT2D eigenvalue weighted by atomic mass is 127. The maximum absolute atomic E-state index is 12.8. The average molecular weight is 243 g/mol. The number of alkyl halides is 1. The van der Waals surface area contributed by atoms with E-state index < -0.39 is 6.17 Å². The summed E-state index contributed by atoms with van der Waals surface area (Å²) in [4.78, 5) is 0. The van der Waals surface area contributed by atoms with E-state index in [2.05, 4.69) is 22.9 Å². The molecule has 0 N–H and O–H groups in total. The zero-order chi connectivity index (χ0) is 6.85. The minimum absolute atomic E-state index is 0.274. The predicted molar refractivity (Wildman–Crippen MR) is 44.3 cm³/mol. The Labute approximate surface area is 69.1 Å². The minimum atomic E-state index is -0.601. The summed E-state index contributed by atoms with van der Waals surface area (Å²) in [5.41, 5.74) is 0. The number of nitrogens with zero attached hydrogens (tertiary/aromatic N) is 1. The van der Waals surface area contributed by atoms with E-state index in [1.54, 1.807) is 0 Å². The molecule has 1 heterocycles. The monoisotopic (exact) mass is 243 g/mol. The van der Waals surface area contributed by atoms with Crippen LogP contribution in [0.15, 0.2) is 0 Å². The standard InChI is InChI=1S/C6H11FIN/c1-5-2-3-9(8)4-6(5)7/h5-6H,2-4H2,1H3. The van der Waals surface area contributed by atoms with Gasteiger partial charge in [0, 0.05) is 36.0 Å². The molecule has 1 aliphatic rings. The van der Waals surface area contributed by atoms with E-state index in [-0.39, 0.29) is 5.92 Å². The van der Waals surface area contributed by atoms with Crippen molar-refractivity contribution < 1.29 is 4.39 Å². The topological polar surface area (TPSA) is 3.24 Å². The van der Waals surface area contributed by atoms with Gasteiger partial charge in [-0.15, -0.1) is 0 Å². The van der Waals surface area contributed by atoms with Crippen LogP contribution in [0.5, 0.6) is 0 Å². The van der Waals surface area contributed by atoms with Gasteiger partial charge in [-0.2, -0.15) is 0 Å². The second-order valence-corrected chi connectivity index (χ2v) is 4.02. The second-order valence-electron chi connectivity index (χ2n) is 2.65. The zero-order valence-electron chi connectivity index (χ0n) is 5.48. The molecule has 0 radical (unpaired) electrons. The molecule has 0 aromatic carbocycles. The zero-order valence-corrected chi connectivity index (χ0v) is 7.64. The van der Waals surface area contributed by atoms with E-state index in [4.69, 9.17) is 0 Å². The van der Waals surface area contributed by atoms with Gasteiger partial charge in [0.1, 0.15) is 6.17 Å². The number of rotatable bonds is 0. The third kappa shape index (κ3) is 2.04. The first-order valence-electron chi connectivity index (χ1n) is 3.25. The van der Waals surface area contributed by atoms with E-state index in [1.165, 1.54) is 0 Å². The summed E-state index contributed by atoms with van der Waals surface area (Å²) in [6.45, 7) is 3.64. The Morgan fingerprint density at radius 3 is 2.78 bits per heavy atom. The van der Waals surface area contributed by atoms with Crippen LogP contribution in [0.1, 0.15) is 13.3 Å². The van der Waals surface area contributed by atoms with E-state index in [0.717, 1.165) is 13.0 Å². The molecule has 1 fully saturated rings. The summed E-state index contributed by atoms with van der Waals surface area (Å²) in [6, 6.07) is 0. The van der Waals surface area contributed by atoms with Crippen LogP contribution in [-0.4, -0.2) is 22.4 Å². The van der Waals surface area contributed by atoms with Crippen LogP contribution in [0.2, 0.25) is 0 Å². The number of halogens is 2. The van der Waals surface area contributed by atoms with Crippen molar-refractivity contribution in [2.24, 2.45) is 5.92 Å². The maximum Gasteiger partial charge on any atom is 0.116 e. The molecule has 0 amide bonds. The second kappa shape index (κ2) is 3.14. The molecule has 54 valence electrons. The third-order valence-corrected chi connectivity index (χ3v) is 2.69. The minimum Gasteiger partial charge on any atom is -0.246 e. The van der Waals surface area contributed by atoms with Crippen molar-refractivity contribution in [3.63, 3.8) is 0 Å². The van der Waals surface area contributed by atoms with E-state index >= 15 is 0 Å². The molecule has 2 unspecified atom stereocenters. The molecule has 1 rings (SSSR count). The Balaban J connectivity index is 2.35. The Hall–Kier alpha value is 0.620. The first-order chi connectivity index (χ1) is 4.20. The Kier molecular flexibility index (Phi) is 2.70. The summed E-state index contributed by atoms with van der Waals surface area (Å²) < 4.78 is 14.8. The molecule has 0 saturated carbocycles. The van der Waals surface area contributed by atoms with Gasteiger partial charge >= 0.3 is 0 Å². The molecule has 0 bridgehead atoms. The quantitative estimate of drug-likeness (QED) is 0.464. The predicted octanol–water partition coefficient (Wildman–Crippen LogP) is 2.02. The molecule has 0 aliphatic carbocycles. The van der Waals surface area contributed by atoms with Crippen LogP contribution in [0, 0.1) is 5.92 Å². The summed E-state index contributed by atoms with van der Waals surface area (Å²) in [5, 5.41) is 0. The molecule has 3 heteroatoms. The number of hydrogen-bond acceptors (Lipinski definition) is 1. The van der Waals surface area contributed by atoms with Crippen molar-refractivity contribution in [3.05, 3.63) is 0 Å². The molecule has 9 heavy (non-hydrogen) atoms. The lowest BCUT2D eigenvalue weighted by molar-refractivity contribution is 0.159. The highest BCUT2D eigenvalue weighted by molar-refractivity contribution is 14.1.